The molecule has 0 aromatic carbocycles. The zero-order valence-electron chi connectivity index (χ0n) is 15.5. The first-order valence-electron chi connectivity index (χ1n) is 8.38. The molecule has 132 valence electrons. The van der Waals surface area contributed by atoms with Gasteiger partial charge >= 0.3 is 11.9 Å². The smallest absolute Gasteiger partial charge is 0.338 e. The lowest BCUT2D eigenvalue weighted by molar-refractivity contribution is -0.149. The summed E-state index contributed by atoms with van der Waals surface area (Å²) in [7, 11) is 0. The van der Waals surface area contributed by atoms with Gasteiger partial charge in [-0.05, 0) is 46.1 Å². The number of unbranched alkanes of at least 4 members (excludes halogenated alkanes) is 1. The Morgan fingerprint density at radius 3 is 2.26 bits per heavy atom. The quantitative estimate of drug-likeness (QED) is 0.353. The van der Waals surface area contributed by atoms with Gasteiger partial charge in [-0.15, -0.1) is 0 Å². The maximum absolute atomic E-state index is 12.0. The molecule has 0 heterocycles. The summed E-state index contributed by atoms with van der Waals surface area (Å²) in [5.41, 5.74) is -0.0887. The third kappa shape index (κ3) is 9.93. The Balaban J connectivity index is 4.52. The van der Waals surface area contributed by atoms with Gasteiger partial charge in [0.1, 0.15) is 5.60 Å². The highest BCUT2D eigenvalue weighted by atomic mass is 16.6. The predicted molar refractivity (Wildman–Crippen MR) is 93.0 cm³/mol. The van der Waals surface area contributed by atoms with Gasteiger partial charge in [-0.3, -0.25) is 0 Å². The van der Waals surface area contributed by atoms with Gasteiger partial charge in [-0.25, -0.2) is 9.59 Å². The van der Waals surface area contributed by atoms with Gasteiger partial charge in [-0.1, -0.05) is 39.7 Å². The zero-order valence-corrected chi connectivity index (χ0v) is 15.5. The fourth-order valence-corrected chi connectivity index (χ4v) is 1.93. The molecule has 0 aliphatic heterocycles. The van der Waals surface area contributed by atoms with Crippen LogP contribution in [0.1, 0.15) is 67.2 Å². The van der Waals surface area contributed by atoms with Crippen LogP contribution in [0, 0.1) is 5.92 Å². The van der Waals surface area contributed by atoms with Crippen molar-refractivity contribution >= 4 is 11.9 Å². The summed E-state index contributed by atoms with van der Waals surface area (Å²) in [5.74, 6) is -0.551. The Morgan fingerprint density at radius 2 is 1.78 bits per heavy atom. The molecule has 0 radical (unpaired) electrons. The fraction of sp³-hybridized carbons (Fsp3) is 0.684. The summed E-state index contributed by atoms with van der Waals surface area (Å²) in [6.45, 7) is 15.3. The van der Waals surface area contributed by atoms with Crippen molar-refractivity contribution < 1.29 is 19.1 Å². The molecular weight excluding hydrogens is 292 g/mol. The van der Waals surface area contributed by atoms with Gasteiger partial charge < -0.3 is 9.47 Å². The summed E-state index contributed by atoms with van der Waals surface area (Å²) in [4.78, 5) is 23.8. The van der Waals surface area contributed by atoms with Crippen LogP contribution in [0.5, 0.6) is 0 Å². The standard InChI is InChI=1S/C19H32O4/c1-8-10-11-16(9-2)13-22-17(20)14(3)12-15(4)18(21)23-19(5,6)7/h12,16H,4,8-11,13H2,1-3,5-7H3/b14-12+. The topological polar surface area (TPSA) is 52.6 Å². The number of carbonyl (C=O) groups is 2. The molecule has 0 saturated heterocycles. The van der Waals surface area contributed by atoms with Crippen LogP contribution in [0.4, 0.5) is 0 Å². The van der Waals surface area contributed by atoms with Crippen molar-refractivity contribution in [3.8, 4) is 0 Å². The van der Waals surface area contributed by atoms with Crippen molar-refractivity contribution in [3.05, 3.63) is 23.8 Å². The maximum Gasteiger partial charge on any atom is 0.338 e. The number of rotatable bonds is 9. The summed E-state index contributed by atoms with van der Waals surface area (Å²) in [5, 5.41) is 0. The van der Waals surface area contributed by atoms with E-state index < -0.39 is 17.5 Å². The lowest BCUT2D eigenvalue weighted by atomic mass is 10.0. The van der Waals surface area contributed by atoms with E-state index in [-0.39, 0.29) is 5.57 Å². The minimum Gasteiger partial charge on any atom is -0.462 e. The second-order valence-corrected chi connectivity index (χ2v) is 6.87. The lowest BCUT2D eigenvalue weighted by Crippen LogP contribution is -2.24. The van der Waals surface area contributed by atoms with Crippen LogP contribution < -0.4 is 0 Å². The highest BCUT2D eigenvalue weighted by Crippen LogP contribution is 2.15. The Morgan fingerprint density at radius 1 is 1.17 bits per heavy atom. The molecular formula is C19H32O4. The molecule has 0 saturated carbocycles. The van der Waals surface area contributed by atoms with Crippen molar-refractivity contribution in [1.82, 2.24) is 0 Å². The average Bonchev–Trinajstić information content (AvgIpc) is 2.45. The molecule has 4 nitrogen and oxygen atoms in total. The Bertz CT molecular complexity index is 441. The summed E-state index contributed by atoms with van der Waals surface area (Å²) in [6, 6.07) is 0. The summed E-state index contributed by atoms with van der Waals surface area (Å²) in [6.07, 6.45) is 5.75. The van der Waals surface area contributed by atoms with E-state index in [2.05, 4.69) is 20.4 Å². The molecule has 1 atom stereocenters. The minimum atomic E-state index is -0.587. The molecule has 0 amide bonds. The largest absolute Gasteiger partial charge is 0.462 e. The van der Waals surface area contributed by atoms with Crippen LogP contribution in [0.2, 0.25) is 0 Å². The molecule has 0 aliphatic rings. The van der Waals surface area contributed by atoms with Crippen LogP contribution >= 0.6 is 0 Å². The van der Waals surface area contributed by atoms with E-state index in [1.807, 2.05) is 0 Å². The summed E-state index contributed by atoms with van der Waals surface area (Å²) < 4.78 is 10.5. The fourth-order valence-electron chi connectivity index (χ4n) is 1.93. The van der Waals surface area contributed by atoms with E-state index >= 15 is 0 Å². The van der Waals surface area contributed by atoms with Gasteiger partial charge in [-0.2, -0.15) is 0 Å². The second-order valence-electron chi connectivity index (χ2n) is 6.87. The Kier molecular flexibility index (Phi) is 9.54. The zero-order chi connectivity index (χ0) is 18.0. The maximum atomic E-state index is 12.0. The number of esters is 2. The van der Waals surface area contributed by atoms with Crippen molar-refractivity contribution in [2.24, 2.45) is 5.92 Å². The Hall–Kier alpha value is -1.58. The molecule has 1 unspecified atom stereocenters. The Labute approximate surface area is 140 Å². The SMILES string of the molecule is C=C(/C=C(\C)C(=O)OCC(CC)CCCC)C(=O)OC(C)(C)C. The van der Waals surface area contributed by atoms with Crippen LogP contribution in [-0.2, 0) is 19.1 Å². The van der Waals surface area contributed by atoms with Crippen LogP contribution in [0.25, 0.3) is 0 Å². The third-order valence-corrected chi connectivity index (χ3v) is 3.37. The molecule has 0 bridgehead atoms. The minimum absolute atomic E-state index is 0.146. The molecule has 0 N–H and O–H groups in total. The molecule has 0 aliphatic carbocycles. The van der Waals surface area contributed by atoms with E-state index in [4.69, 9.17) is 9.47 Å². The van der Waals surface area contributed by atoms with E-state index in [1.165, 1.54) is 6.08 Å². The van der Waals surface area contributed by atoms with Gasteiger partial charge in [0.2, 0.25) is 0 Å². The molecule has 23 heavy (non-hydrogen) atoms. The first-order valence-corrected chi connectivity index (χ1v) is 8.38. The predicted octanol–water partition coefficient (Wildman–Crippen LogP) is 4.59. The van der Waals surface area contributed by atoms with Crippen molar-refractivity contribution in [2.75, 3.05) is 6.61 Å². The van der Waals surface area contributed by atoms with Gasteiger partial charge in [0, 0.05) is 5.57 Å². The van der Waals surface area contributed by atoms with Crippen molar-refractivity contribution in [3.63, 3.8) is 0 Å². The van der Waals surface area contributed by atoms with E-state index in [0.717, 1.165) is 25.7 Å². The molecule has 0 aromatic heterocycles. The van der Waals surface area contributed by atoms with Gasteiger partial charge in [0.05, 0.1) is 12.2 Å². The molecule has 0 rings (SSSR count). The van der Waals surface area contributed by atoms with Crippen LogP contribution in [0.3, 0.4) is 0 Å². The van der Waals surface area contributed by atoms with E-state index in [1.54, 1.807) is 27.7 Å². The van der Waals surface area contributed by atoms with Gasteiger partial charge in [0.15, 0.2) is 0 Å². The molecule has 4 heteroatoms. The number of hydrogen-bond acceptors (Lipinski definition) is 4. The van der Waals surface area contributed by atoms with Crippen molar-refractivity contribution in [2.45, 2.75) is 72.8 Å². The van der Waals surface area contributed by atoms with E-state index in [0.29, 0.717) is 18.1 Å². The monoisotopic (exact) mass is 324 g/mol. The number of ether oxygens (including phenoxy) is 2. The van der Waals surface area contributed by atoms with Crippen molar-refractivity contribution in [1.29, 1.82) is 0 Å². The second kappa shape index (κ2) is 10.2. The van der Waals surface area contributed by atoms with Crippen LogP contribution in [0.15, 0.2) is 23.8 Å². The molecule has 0 spiro atoms. The number of hydrogen-bond donors (Lipinski definition) is 0. The normalized spacial score (nSPS) is 13.4. The highest BCUT2D eigenvalue weighted by molar-refractivity contribution is 5.95. The number of carbonyl (C=O) groups excluding carboxylic acids is 2. The third-order valence-electron chi connectivity index (χ3n) is 3.37. The summed E-state index contributed by atoms with van der Waals surface area (Å²) >= 11 is 0. The average molecular weight is 324 g/mol. The van der Waals surface area contributed by atoms with Crippen LogP contribution in [-0.4, -0.2) is 24.1 Å². The van der Waals surface area contributed by atoms with E-state index in [9.17, 15) is 9.59 Å². The molecule has 0 aromatic rings. The highest BCUT2D eigenvalue weighted by Gasteiger charge is 2.19. The molecule has 0 fully saturated rings. The lowest BCUT2D eigenvalue weighted by Gasteiger charge is -2.19. The van der Waals surface area contributed by atoms with Gasteiger partial charge in [0.25, 0.3) is 0 Å². The first kappa shape index (κ1) is 21.4. The first-order chi connectivity index (χ1) is 10.6.